The Morgan fingerprint density at radius 1 is 1.19 bits per heavy atom. The van der Waals surface area contributed by atoms with Gasteiger partial charge in [0, 0.05) is 6.04 Å². The number of benzene rings is 2. The van der Waals surface area contributed by atoms with E-state index in [2.05, 4.69) is 61.6 Å². The third-order valence-corrected chi connectivity index (χ3v) is 4.30. The molecule has 0 spiro atoms. The predicted molar refractivity (Wildman–Crippen MR) is 86.7 cm³/mol. The molecule has 1 aliphatic carbocycles. The molecule has 0 bridgehead atoms. The quantitative estimate of drug-likeness (QED) is 0.888. The van der Waals surface area contributed by atoms with E-state index in [0.29, 0.717) is 12.6 Å². The molecule has 0 amide bonds. The molecule has 2 heteroatoms. The third kappa shape index (κ3) is 3.11. The zero-order chi connectivity index (χ0) is 14.7. The van der Waals surface area contributed by atoms with E-state index in [1.165, 1.54) is 28.7 Å². The first kappa shape index (κ1) is 14.2. The van der Waals surface area contributed by atoms with Crippen LogP contribution in [0.4, 0.5) is 0 Å². The van der Waals surface area contributed by atoms with Gasteiger partial charge >= 0.3 is 0 Å². The van der Waals surface area contributed by atoms with Gasteiger partial charge in [-0.05, 0) is 60.7 Å². The van der Waals surface area contributed by atoms with E-state index >= 15 is 0 Å². The molecule has 2 aromatic carbocycles. The van der Waals surface area contributed by atoms with Crippen LogP contribution >= 0.6 is 0 Å². The Bertz CT molecular complexity index is 621. The van der Waals surface area contributed by atoms with Gasteiger partial charge in [-0.2, -0.15) is 0 Å². The van der Waals surface area contributed by atoms with E-state index in [9.17, 15) is 0 Å². The Hall–Kier alpha value is -1.80. The van der Waals surface area contributed by atoms with E-state index in [1.54, 1.807) is 0 Å². The average Bonchev–Trinajstić information content (AvgIpc) is 2.89. The smallest absolute Gasteiger partial charge is 0.120 e. The van der Waals surface area contributed by atoms with Crippen molar-refractivity contribution in [2.24, 2.45) is 0 Å². The molecule has 21 heavy (non-hydrogen) atoms. The van der Waals surface area contributed by atoms with Crippen molar-refractivity contribution >= 4 is 0 Å². The normalized spacial score (nSPS) is 16.8. The first-order valence-corrected chi connectivity index (χ1v) is 7.81. The Kier molecular flexibility index (Phi) is 4.26. The van der Waals surface area contributed by atoms with E-state index in [4.69, 9.17) is 4.74 Å². The molecule has 1 N–H and O–H groups in total. The zero-order valence-electron chi connectivity index (χ0n) is 12.9. The minimum Gasteiger partial charge on any atom is -0.489 e. The Labute approximate surface area is 127 Å². The molecule has 0 fully saturated rings. The molecular weight excluding hydrogens is 258 g/mol. The summed E-state index contributed by atoms with van der Waals surface area (Å²) in [7, 11) is 0. The lowest BCUT2D eigenvalue weighted by Crippen LogP contribution is -2.18. The van der Waals surface area contributed by atoms with E-state index < -0.39 is 0 Å². The molecule has 1 atom stereocenters. The SMILES string of the molecule is CCNC1CCc2cc(OCc3ccccc3C)ccc21. The van der Waals surface area contributed by atoms with Gasteiger partial charge in [0.05, 0.1) is 0 Å². The van der Waals surface area contributed by atoms with Gasteiger partial charge in [-0.1, -0.05) is 37.3 Å². The summed E-state index contributed by atoms with van der Waals surface area (Å²) in [6, 6.07) is 15.5. The fourth-order valence-corrected chi connectivity index (χ4v) is 3.08. The molecule has 0 aromatic heterocycles. The number of rotatable bonds is 5. The highest BCUT2D eigenvalue weighted by atomic mass is 16.5. The van der Waals surface area contributed by atoms with Gasteiger partial charge in [-0.15, -0.1) is 0 Å². The Balaban J connectivity index is 1.69. The van der Waals surface area contributed by atoms with Crippen LogP contribution in [0.25, 0.3) is 0 Å². The Morgan fingerprint density at radius 2 is 2.05 bits per heavy atom. The van der Waals surface area contributed by atoms with Crippen molar-refractivity contribution in [3.63, 3.8) is 0 Å². The maximum absolute atomic E-state index is 5.97. The predicted octanol–water partition coefficient (Wildman–Crippen LogP) is 4.17. The minimum absolute atomic E-state index is 0.524. The largest absolute Gasteiger partial charge is 0.489 e. The molecule has 2 nitrogen and oxygen atoms in total. The summed E-state index contributed by atoms with van der Waals surface area (Å²) in [5, 5.41) is 3.54. The van der Waals surface area contributed by atoms with Crippen molar-refractivity contribution in [3.05, 3.63) is 64.7 Å². The molecule has 0 aliphatic heterocycles. The van der Waals surface area contributed by atoms with Crippen LogP contribution in [-0.4, -0.2) is 6.54 Å². The first-order valence-electron chi connectivity index (χ1n) is 7.81. The van der Waals surface area contributed by atoms with E-state index in [0.717, 1.165) is 18.7 Å². The second-order valence-corrected chi connectivity index (χ2v) is 5.72. The molecule has 110 valence electrons. The van der Waals surface area contributed by atoms with Crippen molar-refractivity contribution in [3.8, 4) is 5.75 Å². The number of nitrogens with one attached hydrogen (secondary N) is 1. The van der Waals surface area contributed by atoms with Crippen LogP contribution in [0.15, 0.2) is 42.5 Å². The molecule has 0 saturated carbocycles. The van der Waals surface area contributed by atoms with Crippen LogP contribution in [0.3, 0.4) is 0 Å². The highest BCUT2D eigenvalue weighted by Crippen LogP contribution is 2.33. The third-order valence-electron chi connectivity index (χ3n) is 4.30. The minimum atomic E-state index is 0.524. The molecule has 0 radical (unpaired) electrons. The van der Waals surface area contributed by atoms with Gasteiger partial charge in [0.2, 0.25) is 0 Å². The van der Waals surface area contributed by atoms with Crippen LogP contribution in [0.5, 0.6) is 5.75 Å². The number of hydrogen-bond donors (Lipinski definition) is 1. The summed E-state index contributed by atoms with van der Waals surface area (Å²) >= 11 is 0. The van der Waals surface area contributed by atoms with E-state index in [1.807, 2.05) is 0 Å². The number of ether oxygens (including phenoxy) is 1. The molecule has 0 heterocycles. The van der Waals surface area contributed by atoms with Gasteiger partial charge in [-0.3, -0.25) is 0 Å². The lowest BCUT2D eigenvalue weighted by Gasteiger charge is -2.13. The fourth-order valence-electron chi connectivity index (χ4n) is 3.08. The number of aryl methyl sites for hydroxylation is 2. The summed E-state index contributed by atoms with van der Waals surface area (Å²) in [4.78, 5) is 0. The second-order valence-electron chi connectivity index (χ2n) is 5.72. The fraction of sp³-hybridized carbons (Fsp3) is 0.368. The molecule has 1 aliphatic rings. The molecule has 1 unspecified atom stereocenters. The van der Waals surface area contributed by atoms with Gasteiger partial charge in [0.1, 0.15) is 12.4 Å². The summed E-state index contributed by atoms with van der Waals surface area (Å²) in [5.74, 6) is 0.981. The zero-order valence-corrected chi connectivity index (χ0v) is 12.9. The monoisotopic (exact) mass is 281 g/mol. The van der Waals surface area contributed by atoms with Crippen LogP contribution in [-0.2, 0) is 13.0 Å². The standard InChI is InChI=1S/C19H23NO/c1-3-20-19-11-8-15-12-17(9-10-18(15)19)21-13-16-7-5-4-6-14(16)2/h4-7,9-10,12,19-20H,3,8,11,13H2,1-2H3. The maximum atomic E-state index is 5.97. The molecule has 2 aromatic rings. The van der Waals surface area contributed by atoms with Crippen molar-refractivity contribution in [2.45, 2.75) is 39.3 Å². The van der Waals surface area contributed by atoms with Gasteiger partial charge in [0.25, 0.3) is 0 Å². The summed E-state index contributed by atoms with van der Waals surface area (Å²) in [5.41, 5.74) is 5.41. The van der Waals surface area contributed by atoms with E-state index in [-0.39, 0.29) is 0 Å². The highest BCUT2D eigenvalue weighted by molar-refractivity contribution is 5.41. The lowest BCUT2D eigenvalue weighted by atomic mass is 10.1. The number of hydrogen-bond acceptors (Lipinski definition) is 2. The average molecular weight is 281 g/mol. The van der Waals surface area contributed by atoms with Crippen molar-refractivity contribution in [1.82, 2.24) is 5.32 Å². The van der Waals surface area contributed by atoms with Gasteiger partial charge < -0.3 is 10.1 Å². The molecule has 0 saturated heterocycles. The maximum Gasteiger partial charge on any atom is 0.120 e. The molecular formula is C19H23NO. The van der Waals surface area contributed by atoms with Crippen LogP contribution in [0, 0.1) is 6.92 Å². The summed E-state index contributed by atoms with van der Waals surface area (Å²) < 4.78 is 5.97. The van der Waals surface area contributed by atoms with Crippen LogP contribution in [0.1, 0.15) is 41.6 Å². The summed E-state index contributed by atoms with van der Waals surface area (Å²) in [6.07, 6.45) is 2.35. The topological polar surface area (TPSA) is 21.3 Å². The number of fused-ring (bicyclic) bond motifs is 1. The van der Waals surface area contributed by atoms with Crippen LogP contribution < -0.4 is 10.1 Å². The first-order chi connectivity index (χ1) is 10.3. The van der Waals surface area contributed by atoms with Crippen molar-refractivity contribution in [2.75, 3.05) is 6.54 Å². The van der Waals surface area contributed by atoms with Crippen LogP contribution in [0.2, 0.25) is 0 Å². The Morgan fingerprint density at radius 3 is 2.86 bits per heavy atom. The van der Waals surface area contributed by atoms with Crippen molar-refractivity contribution < 1.29 is 4.74 Å². The lowest BCUT2D eigenvalue weighted by molar-refractivity contribution is 0.305. The highest BCUT2D eigenvalue weighted by Gasteiger charge is 2.21. The summed E-state index contributed by atoms with van der Waals surface area (Å²) in [6.45, 7) is 5.96. The van der Waals surface area contributed by atoms with Gasteiger partial charge in [-0.25, -0.2) is 0 Å². The molecule has 3 rings (SSSR count). The van der Waals surface area contributed by atoms with Gasteiger partial charge in [0.15, 0.2) is 0 Å². The van der Waals surface area contributed by atoms with Crippen molar-refractivity contribution in [1.29, 1.82) is 0 Å². The second kappa shape index (κ2) is 6.31.